The molecule has 1 N–H and O–H groups in total. The summed E-state index contributed by atoms with van der Waals surface area (Å²) in [5.41, 5.74) is 4.99. The van der Waals surface area contributed by atoms with E-state index >= 15 is 0 Å². The van der Waals surface area contributed by atoms with Gasteiger partial charge in [-0.15, -0.1) is 6.42 Å². The summed E-state index contributed by atoms with van der Waals surface area (Å²) in [6.45, 7) is 4.27. The summed E-state index contributed by atoms with van der Waals surface area (Å²) in [4.78, 5) is 0. The van der Waals surface area contributed by atoms with Crippen molar-refractivity contribution < 1.29 is 9.50 Å². The van der Waals surface area contributed by atoms with E-state index in [9.17, 15) is 9.50 Å². The van der Waals surface area contributed by atoms with Crippen LogP contribution in [0.3, 0.4) is 0 Å². The predicted octanol–water partition coefficient (Wildman–Crippen LogP) is 3.14. The fraction of sp³-hybridized carbons (Fsp3) is 0.316. The van der Waals surface area contributed by atoms with Crippen LogP contribution >= 0.6 is 0 Å². The zero-order chi connectivity index (χ0) is 16.6. The molecular weight excluding hydrogens is 291 g/mol. The minimum absolute atomic E-state index is 0.280. The van der Waals surface area contributed by atoms with Gasteiger partial charge >= 0.3 is 0 Å². The van der Waals surface area contributed by atoms with Gasteiger partial charge in [0.25, 0.3) is 0 Å². The van der Waals surface area contributed by atoms with Crippen molar-refractivity contribution in [3.8, 4) is 18.0 Å². The van der Waals surface area contributed by atoms with E-state index in [1.54, 1.807) is 12.1 Å². The summed E-state index contributed by atoms with van der Waals surface area (Å²) < 4.78 is 15.0. The summed E-state index contributed by atoms with van der Waals surface area (Å²) in [7, 11) is 0. The highest BCUT2D eigenvalue weighted by molar-refractivity contribution is 5.60. The second kappa shape index (κ2) is 6.02. The SMILES string of the molecule is C#CC(O)Cc1nn(-c2ccc(F)cc2)c2c1C[C@@H](C)C(C)=C2. The van der Waals surface area contributed by atoms with Crippen LogP contribution in [0.15, 0.2) is 29.8 Å². The minimum Gasteiger partial charge on any atom is -0.380 e. The Kier molecular flexibility index (Phi) is 4.06. The maximum Gasteiger partial charge on any atom is 0.123 e. The number of aromatic nitrogens is 2. The molecule has 3 nitrogen and oxygen atoms in total. The molecule has 0 saturated heterocycles. The first-order chi connectivity index (χ1) is 11.0. The zero-order valence-corrected chi connectivity index (χ0v) is 13.3. The minimum atomic E-state index is -0.849. The van der Waals surface area contributed by atoms with E-state index in [1.807, 2.05) is 4.68 Å². The number of nitrogens with zero attached hydrogens (tertiary/aromatic N) is 2. The molecule has 0 saturated carbocycles. The normalized spacial score (nSPS) is 18.0. The van der Waals surface area contributed by atoms with Crippen LogP contribution < -0.4 is 0 Å². The Morgan fingerprint density at radius 1 is 1.43 bits per heavy atom. The van der Waals surface area contributed by atoms with Gasteiger partial charge in [0.15, 0.2) is 0 Å². The van der Waals surface area contributed by atoms with Crippen molar-refractivity contribution in [3.05, 3.63) is 52.6 Å². The molecule has 0 amide bonds. The average Bonchev–Trinajstić information content (AvgIpc) is 2.86. The molecule has 0 spiro atoms. The number of hydrogen-bond acceptors (Lipinski definition) is 2. The average molecular weight is 310 g/mol. The molecule has 4 heteroatoms. The van der Waals surface area contributed by atoms with Gasteiger partial charge in [0.1, 0.15) is 11.9 Å². The van der Waals surface area contributed by atoms with Gasteiger partial charge in [0, 0.05) is 12.0 Å². The van der Waals surface area contributed by atoms with E-state index in [1.165, 1.54) is 17.7 Å². The fourth-order valence-electron chi connectivity index (χ4n) is 2.89. The standard InChI is InChI=1S/C19H19FN2O/c1-4-16(23)11-18-17-9-12(2)13(3)10-19(17)22(21-18)15-7-5-14(20)6-8-15/h1,5-8,10,12,16,23H,9,11H2,2-3H3/t12-,16?/m1/s1. The van der Waals surface area contributed by atoms with E-state index in [2.05, 4.69) is 30.9 Å². The summed E-state index contributed by atoms with van der Waals surface area (Å²) in [6.07, 6.45) is 7.75. The molecule has 1 heterocycles. The highest BCUT2D eigenvalue weighted by Crippen LogP contribution is 2.32. The third-order valence-corrected chi connectivity index (χ3v) is 4.41. The lowest BCUT2D eigenvalue weighted by Gasteiger charge is -2.19. The quantitative estimate of drug-likeness (QED) is 0.885. The number of rotatable bonds is 3. The number of hydrogen-bond donors (Lipinski definition) is 1. The zero-order valence-electron chi connectivity index (χ0n) is 13.3. The molecule has 23 heavy (non-hydrogen) atoms. The number of halogens is 1. The fourth-order valence-corrected chi connectivity index (χ4v) is 2.89. The van der Waals surface area contributed by atoms with Crippen molar-refractivity contribution in [3.63, 3.8) is 0 Å². The number of allylic oxidation sites excluding steroid dienone is 1. The monoisotopic (exact) mass is 310 g/mol. The van der Waals surface area contributed by atoms with Crippen LogP contribution in [0.5, 0.6) is 0 Å². The smallest absolute Gasteiger partial charge is 0.123 e. The lowest BCUT2D eigenvalue weighted by molar-refractivity contribution is 0.231. The topological polar surface area (TPSA) is 38.1 Å². The second-order valence-electron chi connectivity index (χ2n) is 6.08. The lowest BCUT2D eigenvalue weighted by Crippen LogP contribution is -2.12. The highest BCUT2D eigenvalue weighted by Gasteiger charge is 2.25. The number of aliphatic hydroxyl groups excluding tert-OH is 1. The van der Waals surface area contributed by atoms with Gasteiger partial charge in [0.05, 0.1) is 17.1 Å². The Morgan fingerprint density at radius 3 is 2.78 bits per heavy atom. The Balaban J connectivity index is 2.13. The molecule has 0 aliphatic heterocycles. The van der Waals surface area contributed by atoms with Gasteiger partial charge in [-0.05, 0) is 49.6 Å². The number of benzene rings is 1. The van der Waals surface area contributed by atoms with Crippen molar-refractivity contribution >= 4 is 6.08 Å². The molecule has 1 aliphatic rings. The van der Waals surface area contributed by atoms with E-state index in [-0.39, 0.29) is 5.82 Å². The number of aliphatic hydroxyl groups is 1. The first-order valence-corrected chi connectivity index (χ1v) is 7.68. The maximum atomic E-state index is 13.2. The largest absolute Gasteiger partial charge is 0.380 e. The third kappa shape index (κ3) is 2.93. The van der Waals surface area contributed by atoms with Crippen LogP contribution in [0.2, 0.25) is 0 Å². The van der Waals surface area contributed by atoms with Gasteiger partial charge < -0.3 is 5.11 Å². The van der Waals surface area contributed by atoms with Crippen LogP contribution in [-0.2, 0) is 12.8 Å². The van der Waals surface area contributed by atoms with Gasteiger partial charge in [-0.1, -0.05) is 18.4 Å². The molecule has 1 aromatic carbocycles. The van der Waals surface area contributed by atoms with Crippen molar-refractivity contribution in [2.75, 3.05) is 0 Å². The first-order valence-electron chi connectivity index (χ1n) is 7.68. The molecule has 2 atom stereocenters. The Hall–Kier alpha value is -2.38. The van der Waals surface area contributed by atoms with Crippen molar-refractivity contribution in [1.29, 1.82) is 0 Å². The van der Waals surface area contributed by atoms with E-state index in [4.69, 9.17) is 6.42 Å². The predicted molar refractivity (Wildman–Crippen MR) is 88.6 cm³/mol. The van der Waals surface area contributed by atoms with E-state index in [0.29, 0.717) is 12.3 Å². The number of terminal acetylenes is 1. The molecule has 1 unspecified atom stereocenters. The van der Waals surface area contributed by atoms with Crippen molar-refractivity contribution in [1.82, 2.24) is 9.78 Å². The van der Waals surface area contributed by atoms with Crippen LogP contribution in [-0.4, -0.2) is 21.0 Å². The summed E-state index contributed by atoms with van der Waals surface area (Å²) in [6, 6.07) is 6.24. The second-order valence-corrected chi connectivity index (χ2v) is 6.08. The molecule has 3 rings (SSSR count). The molecule has 0 fully saturated rings. The van der Waals surface area contributed by atoms with Crippen molar-refractivity contribution in [2.45, 2.75) is 32.8 Å². The van der Waals surface area contributed by atoms with E-state index in [0.717, 1.165) is 29.1 Å². The number of fused-ring (bicyclic) bond motifs is 1. The van der Waals surface area contributed by atoms with Gasteiger partial charge in [0.2, 0.25) is 0 Å². The highest BCUT2D eigenvalue weighted by atomic mass is 19.1. The molecule has 118 valence electrons. The summed E-state index contributed by atoms with van der Waals surface area (Å²) in [5, 5.41) is 14.4. The maximum absolute atomic E-state index is 13.2. The van der Waals surface area contributed by atoms with Gasteiger partial charge in [-0.2, -0.15) is 5.10 Å². The molecular formula is C19H19FN2O. The van der Waals surface area contributed by atoms with Crippen LogP contribution in [0.4, 0.5) is 4.39 Å². The van der Waals surface area contributed by atoms with E-state index < -0.39 is 6.10 Å². The van der Waals surface area contributed by atoms with Crippen LogP contribution in [0, 0.1) is 24.1 Å². The first kappa shape index (κ1) is 15.5. The van der Waals surface area contributed by atoms with Gasteiger partial charge in [-0.3, -0.25) is 0 Å². The molecule has 0 bridgehead atoms. The molecule has 2 aromatic rings. The van der Waals surface area contributed by atoms with Crippen molar-refractivity contribution in [2.24, 2.45) is 5.92 Å². The Labute approximate surface area is 135 Å². The Morgan fingerprint density at radius 2 is 2.13 bits per heavy atom. The lowest BCUT2D eigenvalue weighted by atomic mass is 9.86. The van der Waals surface area contributed by atoms with Gasteiger partial charge in [-0.25, -0.2) is 9.07 Å². The Bertz CT molecular complexity index is 796. The molecule has 0 radical (unpaired) electrons. The molecule has 1 aromatic heterocycles. The summed E-state index contributed by atoms with van der Waals surface area (Å²) >= 11 is 0. The third-order valence-electron chi connectivity index (χ3n) is 4.41. The van der Waals surface area contributed by atoms with Crippen LogP contribution in [0.1, 0.15) is 30.8 Å². The summed E-state index contributed by atoms with van der Waals surface area (Å²) in [5.74, 6) is 2.48. The molecule has 1 aliphatic carbocycles. The van der Waals surface area contributed by atoms with Crippen LogP contribution in [0.25, 0.3) is 11.8 Å².